The first-order chi connectivity index (χ1) is 10.6. The Balaban J connectivity index is 0.00000288. The highest BCUT2D eigenvalue weighted by atomic mass is 35.5. The third-order valence-corrected chi connectivity index (χ3v) is 3.89. The van der Waals surface area contributed by atoms with Crippen molar-refractivity contribution >= 4 is 11.8 Å². The molecular weight excluding hydrogens is 340 g/mol. The monoisotopic (exact) mass is 366 g/mol. The summed E-state index contributed by atoms with van der Waals surface area (Å²) < 4.78 is 11.7. The molecule has 0 amide bonds. The Labute approximate surface area is 156 Å². The molecule has 0 fully saturated rings. The van der Waals surface area contributed by atoms with Gasteiger partial charge in [0.1, 0.15) is 22.7 Å². The van der Waals surface area contributed by atoms with Crippen molar-refractivity contribution in [2.45, 2.75) is 62.5 Å². The minimum absolute atomic E-state index is 0. The highest BCUT2D eigenvalue weighted by Crippen LogP contribution is 2.23. The predicted molar refractivity (Wildman–Crippen MR) is 98.9 cm³/mol. The highest BCUT2D eigenvalue weighted by molar-refractivity contribution is 7.78. The van der Waals surface area contributed by atoms with Crippen LogP contribution in [0.2, 0.25) is 0 Å². The Morgan fingerprint density at radius 2 is 0.875 bits per heavy atom. The second-order valence-corrected chi connectivity index (χ2v) is 8.78. The van der Waals surface area contributed by atoms with E-state index in [4.69, 9.17) is 9.47 Å². The molecule has 0 aliphatic carbocycles. The maximum Gasteiger partial charge on any atom is 0.158 e. The standard InChI is InChI=1S/C20H26O2S.ClH/c1-19(2,3)21-15-7-11-17(12-8-15)23-18-13-9-16(10-14-18)22-20(4,5)6;/h7-14H,1-6H3;1H. The van der Waals surface area contributed by atoms with Crippen molar-refractivity contribution in [1.82, 2.24) is 0 Å². The van der Waals surface area contributed by atoms with E-state index in [2.05, 4.69) is 65.8 Å². The third kappa shape index (κ3) is 7.50. The average Bonchev–Trinajstić information content (AvgIpc) is 2.40. The van der Waals surface area contributed by atoms with Crippen molar-refractivity contribution in [3.05, 3.63) is 48.5 Å². The summed E-state index contributed by atoms with van der Waals surface area (Å²) in [7, 11) is 0. The van der Waals surface area contributed by atoms with E-state index >= 15 is 0 Å². The molecule has 2 aromatic carbocycles. The zero-order valence-corrected chi connectivity index (χ0v) is 16.9. The molecule has 2 nitrogen and oxygen atoms in total. The SMILES string of the molecule is CC(C)(C)Oc1ccc([SH+]c2ccc(OC(C)(C)C)cc2)cc1.[Cl-]. The zero-order valence-electron chi connectivity index (χ0n) is 15.3. The normalized spacial score (nSPS) is 11.6. The highest BCUT2D eigenvalue weighted by Gasteiger charge is 2.14. The van der Waals surface area contributed by atoms with E-state index in [0.29, 0.717) is 0 Å². The largest absolute Gasteiger partial charge is 1.00 e. The minimum atomic E-state index is -0.165. The van der Waals surface area contributed by atoms with Crippen LogP contribution in [0.4, 0.5) is 0 Å². The lowest BCUT2D eigenvalue weighted by Gasteiger charge is -2.21. The van der Waals surface area contributed by atoms with Crippen LogP contribution in [0.3, 0.4) is 0 Å². The van der Waals surface area contributed by atoms with Gasteiger partial charge >= 0.3 is 0 Å². The number of halogens is 1. The summed E-state index contributed by atoms with van der Waals surface area (Å²) in [5, 5.41) is 0. The van der Waals surface area contributed by atoms with Crippen LogP contribution in [0.25, 0.3) is 0 Å². The van der Waals surface area contributed by atoms with E-state index in [0.717, 1.165) is 11.5 Å². The number of rotatable bonds is 4. The van der Waals surface area contributed by atoms with Gasteiger partial charge in [0, 0.05) is 11.8 Å². The molecule has 0 bridgehead atoms. The first-order valence-electron chi connectivity index (χ1n) is 7.91. The molecule has 0 unspecified atom stereocenters. The van der Waals surface area contributed by atoms with E-state index < -0.39 is 0 Å². The Bertz CT molecular complexity index is 565. The van der Waals surface area contributed by atoms with Gasteiger partial charge in [0.25, 0.3) is 0 Å². The van der Waals surface area contributed by atoms with Gasteiger partial charge in [-0.2, -0.15) is 0 Å². The molecule has 24 heavy (non-hydrogen) atoms. The van der Waals surface area contributed by atoms with Crippen LogP contribution in [0.5, 0.6) is 11.5 Å². The predicted octanol–water partition coefficient (Wildman–Crippen LogP) is 2.28. The van der Waals surface area contributed by atoms with Gasteiger partial charge in [0.15, 0.2) is 9.79 Å². The molecular formula is C20H27ClO2S. The van der Waals surface area contributed by atoms with Gasteiger partial charge < -0.3 is 21.9 Å². The van der Waals surface area contributed by atoms with Gasteiger partial charge in [0.05, 0.1) is 0 Å². The topological polar surface area (TPSA) is 18.5 Å². The van der Waals surface area contributed by atoms with Crippen LogP contribution in [-0.2, 0) is 11.8 Å². The smallest absolute Gasteiger partial charge is 0.158 e. The molecule has 2 rings (SSSR count). The molecule has 0 aliphatic rings. The molecule has 0 aliphatic heterocycles. The number of ether oxygens (including phenoxy) is 2. The van der Waals surface area contributed by atoms with Crippen molar-refractivity contribution in [2.24, 2.45) is 0 Å². The van der Waals surface area contributed by atoms with E-state index in [9.17, 15) is 0 Å². The van der Waals surface area contributed by atoms with Crippen LogP contribution in [-0.4, -0.2) is 11.2 Å². The van der Waals surface area contributed by atoms with E-state index in [1.807, 2.05) is 24.3 Å². The summed E-state index contributed by atoms with van der Waals surface area (Å²) >= 11 is 1.18. The number of hydrogen-bond acceptors (Lipinski definition) is 2. The van der Waals surface area contributed by atoms with Crippen LogP contribution < -0.4 is 21.9 Å². The van der Waals surface area contributed by atoms with Crippen molar-refractivity contribution in [3.63, 3.8) is 0 Å². The molecule has 0 spiro atoms. The number of thiol groups is 1. The van der Waals surface area contributed by atoms with Crippen LogP contribution >= 0.6 is 0 Å². The fourth-order valence-electron chi connectivity index (χ4n) is 2.03. The lowest BCUT2D eigenvalue weighted by molar-refractivity contribution is -0.0000125. The maximum atomic E-state index is 5.85. The fraction of sp³-hybridized carbons (Fsp3) is 0.400. The molecule has 0 saturated carbocycles. The van der Waals surface area contributed by atoms with Gasteiger partial charge in [-0.25, -0.2) is 0 Å². The first kappa shape index (κ1) is 20.7. The fourth-order valence-corrected chi connectivity index (χ4v) is 2.93. The summed E-state index contributed by atoms with van der Waals surface area (Å²) in [6.07, 6.45) is 0. The molecule has 0 heterocycles. The average molecular weight is 367 g/mol. The summed E-state index contributed by atoms with van der Waals surface area (Å²) in [4.78, 5) is 2.49. The van der Waals surface area contributed by atoms with E-state index in [1.54, 1.807) is 0 Å². The number of benzene rings is 2. The van der Waals surface area contributed by atoms with E-state index in [1.165, 1.54) is 21.6 Å². The second-order valence-electron chi connectivity index (χ2n) is 7.53. The summed E-state index contributed by atoms with van der Waals surface area (Å²) in [6.45, 7) is 12.3. The first-order valence-corrected chi connectivity index (χ1v) is 8.80. The molecule has 0 atom stereocenters. The quantitative estimate of drug-likeness (QED) is 0.610. The van der Waals surface area contributed by atoms with Crippen LogP contribution in [0.1, 0.15) is 41.5 Å². The minimum Gasteiger partial charge on any atom is -1.00 e. The summed E-state index contributed by atoms with van der Waals surface area (Å²) in [6, 6.07) is 16.6. The van der Waals surface area contributed by atoms with E-state index in [-0.39, 0.29) is 23.6 Å². The Hall–Kier alpha value is -1.32. The van der Waals surface area contributed by atoms with Gasteiger partial charge in [-0.1, -0.05) is 0 Å². The lowest BCUT2D eigenvalue weighted by Crippen LogP contribution is -3.00. The molecule has 0 N–H and O–H groups in total. The molecule has 2 aromatic rings. The van der Waals surface area contributed by atoms with Crippen molar-refractivity contribution < 1.29 is 21.9 Å². The van der Waals surface area contributed by atoms with Crippen LogP contribution in [0, 0.1) is 0 Å². The van der Waals surface area contributed by atoms with Gasteiger partial charge in [-0.15, -0.1) is 0 Å². The van der Waals surface area contributed by atoms with Gasteiger partial charge in [0.2, 0.25) is 0 Å². The second kappa shape index (κ2) is 8.17. The molecule has 0 saturated heterocycles. The van der Waals surface area contributed by atoms with Gasteiger partial charge in [-0.05, 0) is 90.1 Å². The summed E-state index contributed by atoms with van der Waals surface area (Å²) in [5.74, 6) is 1.82. The molecule has 0 aromatic heterocycles. The number of hydrogen-bond donors (Lipinski definition) is 0. The molecule has 4 heteroatoms. The zero-order chi connectivity index (χ0) is 17.1. The molecule has 132 valence electrons. The maximum absolute atomic E-state index is 5.85. The van der Waals surface area contributed by atoms with Crippen molar-refractivity contribution in [1.29, 1.82) is 0 Å². The summed E-state index contributed by atoms with van der Waals surface area (Å²) in [5.41, 5.74) is -0.329. The lowest BCUT2D eigenvalue weighted by atomic mass is 10.2. The van der Waals surface area contributed by atoms with Crippen LogP contribution in [0.15, 0.2) is 58.3 Å². The Morgan fingerprint density at radius 3 is 1.12 bits per heavy atom. The Morgan fingerprint density at radius 1 is 0.583 bits per heavy atom. The molecule has 0 radical (unpaired) electrons. The van der Waals surface area contributed by atoms with Gasteiger partial charge in [-0.3, -0.25) is 0 Å². The van der Waals surface area contributed by atoms with Crippen molar-refractivity contribution in [3.8, 4) is 11.5 Å². The Kier molecular flexibility index (Phi) is 7.06. The third-order valence-electron chi connectivity index (χ3n) is 2.78. The van der Waals surface area contributed by atoms with Crippen molar-refractivity contribution in [2.75, 3.05) is 0 Å².